The van der Waals surface area contributed by atoms with Crippen LogP contribution in [0.3, 0.4) is 0 Å². The van der Waals surface area contributed by atoms with E-state index in [0.29, 0.717) is 11.6 Å². The van der Waals surface area contributed by atoms with Crippen LogP contribution in [-0.2, 0) is 4.74 Å². The van der Waals surface area contributed by atoms with Gasteiger partial charge in [0.25, 0.3) is 5.91 Å². The molecule has 126 valence electrons. The number of hydrogen-bond acceptors (Lipinski definition) is 4. The average Bonchev–Trinajstić information content (AvgIpc) is 3.23. The smallest absolute Gasteiger partial charge is 0.251 e. The van der Waals surface area contributed by atoms with Gasteiger partial charge >= 0.3 is 0 Å². The summed E-state index contributed by atoms with van der Waals surface area (Å²) in [5.74, 6) is 0.746. The number of H-pyrrole nitrogens is 1. The maximum Gasteiger partial charge on any atom is 0.251 e. The standard InChI is InChI=1S/C18H22N4O2/c1-12-9-22-10-15(8-16(22)11-24-12)21-18(23)14-4-2-3-13(7-14)17-19-5-6-20-17/h2-7,12,15-16H,8-11H2,1H3,(H,19,20)(H,21,23)/t12-,15-,16-/m0/s1. The highest BCUT2D eigenvalue weighted by molar-refractivity contribution is 5.95. The Hall–Kier alpha value is -2.18. The van der Waals surface area contributed by atoms with Crippen molar-refractivity contribution in [3.05, 3.63) is 42.2 Å². The van der Waals surface area contributed by atoms with E-state index in [1.807, 2.05) is 24.3 Å². The van der Waals surface area contributed by atoms with Crippen molar-refractivity contribution in [2.24, 2.45) is 0 Å². The Bertz CT molecular complexity index is 716. The number of morpholine rings is 1. The Balaban J connectivity index is 1.43. The van der Waals surface area contributed by atoms with Gasteiger partial charge in [-0.2, -0.15) is 0 Å². The van der Waals surface area contributed by atoms with Gasteiger partial charge in [0, 0.05) is 48.7 Å². The van der Waals surface area contributed by atoms with Crippen LogP contribution in [0.4, 0.5) is 0 Å². The molecule has 2 aromatic rings. The number of nitrogens with one attached hydrogen (secondary N) is 2. The molecule has 3 atom stereocenters. The number of ether oxygens (including phenoxy) is 1. The molecule has 1 aromatic carbocycles. The molecule has 2 aliphatic rings. The average molecular weight is 326 g/mol. The minimum absolute atomic E-state index is 0.0257. The van der Waals surface area contributed by atoms with Gasteiger partial charge in [0.05, 0.1) is 12.7 Å². The minimum Gasteiger partial charge on any atom is -0.376 e. The molecule has 0 saturated carbocycles. The summed E-state index contributed by atoms with van der Waals surface area (Å²) in [6.45, 7) is 4.72. The summed E-state index contributed by atoms with van der Waals surface area (Å²) < 4.78 is 5.72. The maximum atomic E-state index is 12.6. The molecule has 0 unspecified atom stereocenters. The summed E-state index contributed by atoms with van der Waals surface area (Å²) in [5.41, 5.74) is 1.58. The van der Waals surface area contributed by atoms with Gasteiger partial charge in [-0.25, -0.2) is 4.98 Å². The van der Waals surface area contributed by atoms with E-state index in [0.717, 1.165) is 37.5 Å². The Morgan fingerprint density at radius 1 is 1.42 bits per heavy atom. The van der Waals surface area contributed by atoms with E-state index in [9.17, 15) is 4.79 Å². The number of carbonyl (C=O) groups excluding carboxylic acids is 1. The second-order valence-corrected chi connectivity index (χ2v) is 6.68. The van der Waals surface area contributed by atoms with Crippen LogP contribution >= 0.6 is 0 Å². The lowest BCUT2D eigenvalue weighted by Gasteiger charge is -2.33. The molecule has 1 aromatic heterocycles. The van der Waals surface area contributed by atoms with Gasteiger partial charge in [-0.05, 0) is 25.5 Å². The van der Waals surface area contributed by atoms with Crippen molar-refractivity contribution in [1.82, 2.24) is 20.2 Å². The largest absolute Gasteiger partial charge is 0.376 e. The van der Waals surface area contributed by atoms with E-state index in [-0.39, 0.29) is 18.1 Å². The van der Waals surface area contributed by atoms with E-state index in [4.69, 9.17) is 4.74 Å². The molecule has 6 heteroatoms. The Labute approximate surface area is 141 Å². The first-order valence-electron chi connectivity index (χ1n) is 8.45. The monoisotopic (exact) mass is 326 g/mol. The number of amides is 1. The van der Waals surface area contributed by atoms with Crippen molar-refractivity contribution < 1.29 is 9.53 Å². The Kier molecular flexibility index (Phi) is 4.08. The minimum atomic E-state index is -0.0257. The van der Waals surface area contributed by atoms with Crippen LogP contribution in [0.2, 0.25) is 0 Å². The molecule has 2 aliphatic heterocycles. The number of aromatic nitrogens is 2. The number of fused-ring (bicyclic) bond motifs is 1. The van der Waals surface area contributed by atoms with Gasteiger partial charge in [-0.3, -0.25) is 9.69 Å². The zero-order chi connectivity index (χ0) is 16.5. The molecule has 3 heterocycles. The third kappa shape index (κ3) is 3.07. The van der Waals surface area contributed by atoms with Gasteiger partial charge in [-0.1, -0.05) is 12.1 Å². The Morgan fingerprint density at radius 2 is 2.33 bits per heavy atom. The van der Waals surface area contributed by atoms with Crippen LogP contribution in [0.5, 0.6) is 0 Å². The zero-order valence-electron chi connectivity index (χ0n) is 13.7. The van der Waals surface area contributed by atoms with Crippen molar-refractivity contribution in [2.75, 3.05) is 19.7 Å². The lowest BCUT2D eigenvalue weighted by molar-refractivity contribution is -0.0390. The summed E-state index contributed by atoms with van der Waals surface area (Å²) in [6.07, 6.45) is 4.72. The molecule has 0 spiro atoms. The fourth-order valence-corrected chi connectivity index (χ4v) is 3.64. The molecule has 0 aliphatic carbocycles. The number of carbonyl (C=O) groups is 1. The van der Waals surface area contributed by atoms with Crippen molar-refractivity contribution in [3.63, 3.8) is 0 Å². The highest BCUT2D eigenvalue weighted by Crippen LogP contribution is 2.23. The normalized spacial score (nSPS) is 27.0. The second kappa shape index (κ2) is 6.37. The molecule has 2 fully saturated rings. The molecule has 24 heavy (non-hydrogen) atoms. The van der Waals surface area contributed by atoms with Crippen molar-refractivity contribution in [3.8, 4) is 11.4 Å². The van der Waals surface area contributed by atoms with Crippen LogP contribution in [0.25, 0.3) is 11.4 Å². The molecule has 2 N–H and O–H groups in total. The predicted molar refractivity (Wildman–Crippen MR) is 90.7 cm³/mol. The quantitative estimate of drug-likeness (QED) is 0.900. The van der Waals surface area contributed by atoms with Crippen molar-refractivity contribution >= 4 is 5.91 Å². The van der Waals surface area contributed by atoms with Crippen LogP contribution in [-0.4, -0.2) is 58.7 Å². The van der Waals surface area contributed by atoms with E-state index >= 15 is 0 Å². The Morgan fingerprint density at radius 3 is 3.17 bits per heavy atom. The number of hydrogen-bond donors (Lipinski definition) is 2. The highest BCUT2D eigenvalue weighted by atomic mass is 16.5. The van der Waals surface area contributed by atoms with Crippen molar-refractivity contribution in [1.29, 1.82) is 0 Å². The van der Waals surface area contributed by atoms with Gasteiger partial charge in [-0.15, -0.1) is 0 Å². The van der Waals surface area contributed by atoms with Crippen LogP contribution < -0.4 is 5.32 Å². The summed E-state index contributed by atoms with van der Waals surface area (Å²) >= 11 is 0. The fraction of sp³-hybridized carbons (Fsp3) is 0.444. The van der Waals surface area contributed by atoms with E-state index in [1.165, 1.54) is 0 Å². The number of benzene rings is 1. The van der Waals surface area contributed by atoms with Gasteiger partial charge < -0.3 is 15.0 Å². The maximum absolute atomic E-state index is 12.6. The number of imidazole rings is 1. The molecule has 4 rings (SSSR count). The van der Waals surface area contributed by atoms with E-state index < -0.39 is 0 Å². The summed E-state index contributed by atoms with van der Waals surface area (Å²) in [5, 5.41) is 3.17. The van der Waals surface area contributed by atoms with Gasteiger partial charge in [0.2, 0.25) is 0 Å². The number of nitrogens with zero attached hydrogens (tertiary/aromatic N) is 2. The number of aromatic amines is 1. The molecule has 2 saturated heterocycles. The molecular formula is C18H22N4O2. The van der Waals surface area contributed by atoms with Crippen LogP contribution in [0.15, 0.2) is 36.7 Å². The van der Waals surface area contributed by atoms with Crippen LogP contribution in [0.1, 0.15) is 23.7 Å². The third-order valence-electron chi connectivity index (χ3n) is 4.82. The first-order chi connectivity index (χ1) is 11.7. The second-order valence-electron chi connectivity index (χ2n) is 6.68. The summed E-state index contributed by atoms with van der Waals surface area (Å²) in [4.78, 5) is 22.3. The lowest BCUT2D eigenvalue weighted by atomic mass is 10.1. The fourth-order valence-electron chi connectivity index (χ4n) is 3.64. The van der Waals surface area contributed by atoms with Crippen LogP contribution in [0, 0.1) is 0 Å². The summed E-state index contributed by atoms with van der Waals surface area (Å²) in [6, 6.07) is 8.17. The van der Waals surface area contributed by atoms with Crippen molar-refractivity contribution in [2.45, 2.75) is 31.5 Å². The SMILES string of the molecule is C[C@H]1CN2C[C@@H](NC(=O)c3cccc(-c4ncc[nH]4)c3)C[C@H]2CO1. The van der Waals surface area contributed by atoms with Gasteiger partial charge in [0.1, 0.15) is 5.82 Å². The van der Waals surface area contributed by atoms with Gasteiger partial charge in [0.15, 0.2) is 0 Å². The predicted octanol–water partition coefficient (Wildman–Crippen LogP) is 1.67. The first-order valence-corrected chi connectivity index (χ1v) is 8.45. The summed E-state index contributed by atoms with van der Waals surface area (Å²) in [7, 11) is 0. The first kappa shape index (κ1) is 15.4. The molecule has 1 amide bonds. The van der Waals surface area contributed by atoms with E-state index in [1.54, 1.807) is 12.4 Å². The zero-order valence-corrected chi connectivity index (χ0v) is 13.7. The molecular weight excluding hydrogens is 304 g/mol. The lowest BCUT2D eigenvalue weighted by Crippen LogP contribution is -2.45. The molecule has 0 radical (unpaired) electrons. The molecule has 0 bridgehead atoms. The third-order valence-corrected chi connectivity index (χ3v) is 4.82. The highest BCUT2D eigenvalue weighted by Gasteiger charge is 2.36. The molecule has 6 nitrogen and oxygen atoms in total. The topological polar surface area (TPSA) is 70.2 Å². The number of rotatable bonds is 3. The van der Waals surface area contributed by atoms with E-state index in [2.05, 4.69) is 27.1 Å².